The van der Waals surface area contributed by atoms with Gasteiger partial charge in [0, 0.05) is 18.7 Å². The van der Waals surface area contributed by atoms with E-state index in [0.29, 0.717) is 6.61 Å². The monoisotopic (exact) mass is 298 g/mol. The van der Waals surface area contributed by atoms with Gasteiger partial charge in [0.1, 0.15) is 0 Å². The van der Waals surface area contributed by atoms with Crippen molar-refractivity contribution < 1.29 is 13.2 Å². The van der Waals surface area contributed by atoms with Crippen LogP contribution in [0.25, 0.3) is 0 Å². The number of nitrogens with one attached hydrogen (secondary N) is 2. The molecule has 2 rings (SSSR count). The van der Waals surface area contributed by atoms with Crippen molar-refractivity contribution in [2.24, 2.45) is 0 Å². The van der Waals surface area contributed by atoms with E-state index in [9.17, 15) is 8.42 Å². The molecule has 7 heteroatoms. The quantitative estimate of drug-likeness (QED) is 0.800. The molecule has 18 heavy (non-hydrogen) atoms. The van der Waals surface area contributed by atoms with Crippen molar-refractivity contribution in [3.8, 4) is 0 Å². The molecule has 2 fully saturated rings. The third-order valence-corrected chi connectivity index (χ3v) is 4.99. The SMILES string of the molecule is CC1NCCCC1NS(=O)(=O)CC1CCCO1.Cl. The Labute approximate surface area is 116 Å². The predicted octanol–water partition coefficient (Wildman–Crippen LogP) is 0.647. The Morgan fingerprint density at radius 1 is 1.33 bits per heavy atom. The van der Waals surface area contributed by atoms with Crippen LogP contribution >= 0.6 is 12.4 Å². The van der Waals surface area contributed by atoms with Crippen molar-refractivity contribution in [1.82, 2.24) is 10.0 Å². The van der Waals surface area contributed by atoms with Gasteiger partial charge in [-0.3, -0.25) is 0 Å². The molecule has 2 aliphatic heterocycles. The second-order valence-corrected chi connectivity index (χ2v) is 6.82. The van der Waals surface area contributed by atoms with E-state index < -0.39 is 10.0 Å². The van der Waals surface area contributed by atoms with Gasteiger partial charge in [-0.1, -0.05) is 0 Å². The molecule has 2 heterocycles. The van der Waals surface area contributed by atoms with E-state index >= 15 is 0 Å². The molecule has 0 aromatic carbocycles. The fourth-order valence-electron chi connectivity index (χ4n) is 2.50. The van der Waals surface area contributed by atoms with Gasteiger partial charge < -0.3 is 10.1 Å². The van der Waals surface area contributed by atoms with E-state index in [-0.39, 0.29) is 36.3 Å². The second kappa shape index (κ2) is 7.05. The first kappa shape index (κ1) is 16.2. The molecule has 0 aromatic rings. The number of halogens is 1. The predicted molar refractivity (Wildman–Crippen MR) is 73.6 cm³/mol. The van der Waals surface area contributed by atoms with Crippen LogP contribution in [0.5, 0.6) is 0 Å². The Bertz CT molecular complexity index is 344. The van der Waals surface area contributed by atoms with E-state index in [0.717, 1.165) is 32.2 Å². The topological polar surface area (TPSA) is 67.4 Å². The fourth-order valence-corrected chi connectivity index (χ4v) is 4.14. The molecule has 0 bridgehead atoms. The zero-order valence-corrected chi connectivity index (χ0v) is 12.4. The standard InChI is InChI=1S/C11H22N2O3S.ClH/c1-9-11(5-2-6-12-9)13-17(14,15)8-10-4-3-7-16-10;/h9-13H,2-8H2,1H3;1H. The smallest absolute Gasteiger partial charge is 0.214 e. The molecule has 2 saturated heterocycles. The lowest BCUT2D eigenvalue weighted by atomic mass is 10.0. The van der Waals surface area contributed by atoms with Crippen LogP contribution in [0.1, 0.15) is 32.6 Å². The van der Waals surface area contributed by atoms with Gasteiger partial charge >= 0.3 is 0 Å². The number of hydrogen-bond acceptors (Lipinski definition) is 4. The van der Waals surface area contributed by atoms with Crippen molar-refractivity contribution in [3.63, 3.8) is 0 Å². The van der Waals surface area contributed by atoms with Gasteiger partial charge in [0.15, 0.2) is 0 Å². The van der Waals surface area contributed by atoms with E-state index in [1.807, 2.05) is 6.92 Å². The first-order valence-electron chi connectivity index (χ1n) is 6.42. The third kappa shape index (κ3) is 4.66. The molecule has 108 valence electrons. The van der Waals surface area contributed by atoms with Crippen molar-refractivity contribution in [2.75, 3.05) is 18.9 Å². The van der Waals surface area contributed by atoms with Gasteiger partial charge in [0.25, 0.3) is 0 Å². The van der Waals surface area contributed by atoms with Crippen molar-refractivity contribution in [2.45, 2.75) is 50.8 Å². The van der Waals surface area contributed by atoms with Crippen molar-refractivity contribution in [3.05, 3.63) is 0 Å². The van der Waals surface area contributed by atoms with Crippen molar-refractivity contribution in [1.29, 1.82) is 0 Å². The lowest BCUT2D eigenvalue weighted by Gasteiger charge is -2.30. The van der Waals surface area contributed by atoms with Crippen molar-refractivity contribution >= 4 is 22.4 Å². The van der Waals surface area contributed by atoms with Gasteiger partial charge in [-0.15, -0.1) is 12.4 Å². The highest BCUT2D eigenvalue weighted by atomic mass is 35.5. The maximum atomic E-state index is 12.0. The number of sulfonamides is 1. The number of hydrogen-bond donors (Lipinski definition) is 2. The van der Waals surface area contributed by atoms with Crippen LogP contribution in [0.3, 0.4) is 0 Å². The van der Waals surface area contributed by atoms with E-state index in [1.165, 1.54) is 0 Å². The molecule has 2 N–H and O–H groups in total. The maximum Gasteiger partial charge on any atom is 0.214 e. The molecule has 0 radical (unpaired) electrons. The summed E-state index contributed by atoms with van der Waals surface area (Å²) in [5, 5.41) is 3.29. The first-order valence-corrected chi connectivity index (χ1v) is 8.07. The molecule has 0 saturated carbocycles. The molecule has 5 nitrogen and oxygen atoms in total. The van der Waals surface area contributed by atoms with Crippen LogP contribution in [0.4, 0.5) is 0 Å². The van der Waals surface area contributed by atoms with Gasteiger partial charge in [0.05, 0.1) is 11.9 Å². The summed E-state index contributed by atoms with van der Waals surface area (Å²) in [5.74, 6) is 0.107. The Kier molecular flexibility index (Phi) is 6.34. The van der Waals surface area contributed by atoms with Crippen LogP contribution < -0.4 is 10.0 Å². The second-order valence-electron chi connectivity index (χ2n) is 5.03. The maximum absolute atomic E-state index is 12.0. The van der Waals surface area contributed by atoms with Crippen LogP contribution in [0.2, 0.25) is 0 Å². The summed E-state index contributed by atoms with van der Waals surface area (Å²) in [4.78, 5) is 0. The summed E-state index contributed by atoms with van der Waals surface area (Å²) >= 11 is 0. The van der Waals surface area contributed by atoms with Gasteiger partial charge in [-0.2, -0.15) is 0 Å². The molecule has 3 atom stereocenters. The molecule has 0 spiro atoms. The van der Waals surface area contributed by atoms with Crippen LogP contribution in [-0.2, 0) is 14.8 Å². The Balaban J connectivity index is 0.00000162. The summed E-state index contributed by atoms with van der Waals surface area (Å²) in [6, 6.07) is 0.234. The van der Waals surface area contributed by atoms with Crippen LogP contribution in [-0.4, -0.2) is 45.5 Å². The third-order valence-electron chi connectivity index (χ3n) is 3.52. The van der Waals surface area contributed by atoms with E-state index in [2.05, 4.69) is 10.0 Å². The average Bonchev–Trinajstić information content (AvgIpc) is 2.73. The molecule has 0 amide bonds. The van der Waals surface area contributed by atoms with E-state index in [4.69, 9.17) is 4.74 Å². The zero-order chi connectivity index (χ0) is 12.3. The average molecular weight is 299 g/mol. The Morgan fingerprint density at radius 2 is 2.11 bits per heavy atom. The molecule has 2 aliphatic rings. The Morgan fingerprint density at radius 3 is 2.72 bits per heavy atom. The van der Waals surface area contributed by atoms with Crippen LogP contribution in [0, 0.1) is 0 Å². The highest BCUT2D eigenvalue weighted by molar-refractivity contribution is 7.89. The lowest BCUT2D eigenvalue weighted by Crippen LogP contribution is -2.52. The molecular weight excluding hydrogens is 276 g/mol. The normalized spacial score (nSPS) is 33.1. The summed E-state index contributed by atoms with van der Waals surface area (Å²) in [5.41, 5.74) is 0. The summed E-state index contributed by atoms with van der Waals surface area (Å²) in [6.07, 6.45) is 3.66. The highest BCUT2D eigenvalue weighted by Crippen LogP contribution is 2.15. The first-order chi connectivity index (χ1) is 8.07. The summed E-state index contributed by atoms with van der Waals surface area (Å²) in [7, 11) is -3.21. The number of rotatable bonds is 4. The fraction of sp³-hybridized carbons (Fsp3) is 1.00. The van der Waals surface area contributed by atoms with E-state index in [1.54, 1.807) is 0 Å². The minimum absolute atomic E-state index is 0. The minimum Gasteiger partial charge on any atom is -0.377 e. The molecule has 0 aromatic heterocycles. The molecule has 0 aliphatic carbocycles. The van der Waals surface area contributed by atoms with Crippen LogP contribution in [0.15, 0.2) is 0 Å². The number of piperidine rings is 1. The molecule has 3 unspecified atom stereocenters. The largest absolute Gasteiger partial charge is 0.377 e. The Hall–Kier alpha value is 0.120. The highest BCUT2D eigenvalue weighted by Gasteiger charge is 2.28. The van der Waals surface area contributed by atoms with Gasteiger partial charge in [-0.25, -0.2) is 13.1 Å². The lowest BCUT2D eigenvalue weighted by molar-refractivity contribution is 0.127. The van der Waals surface area contributed by atoms with Gasteiger partial charge in [-0.05, 0) is 39.2 Å². The van der Waals surface area contributed by atoms with Gasteiger partial charge in [0.2, 0.25) is 10.0 Å². The molecular formula is C11H23ClN2O3S. The summed E-state index contributed by atoms with van der Waals surface area (Å²) in [6.45, 7) is 3.70. The summed E-state index contributed by atoms with van der Waals surface area (Å²) < 4.78 is 32.1. The number of ether oxygens (including phenoxy) is 1. The minimum atomic E-state index is -3.21. The zero-order valence-electron chi connectivity index (χ0n) is 10.7.